The number of benzene rings is 1. The van der Waals surface area contributed by atoms with Crippen molar-refractivity contribution in [3.05, 3.63) is 34.8 Å². The third-order valence-electron chi connectivity index (χ3n) is 3.87. The SMILES string of the molecule is CNC1CCc2[nH]c3c(C)cc(F)cc3c2C1. The summed E-state index contributed by atoms with van der Waals surface area (Å²) in [6.45, 7) is 1.96. The lowest BCUT2D eigenvalue weighted by atomic mass is 9.91. The fourth-order valence-corrected chi connectivity index (χ4v) is 2.90. The predicted molar refractivity (Wildman–Crippen MR) is 67.9 cm³/mol. The van der Waals surface area contributed by atoms with Gasteiger partial charge in [-0.25, -0.2) is 4.39 Å². The highest BCUT2D eigenvalue weighted by atomic mass is 19.1. The third-order valence-corrected chi connectivity index (χ3v) is 3.87. The summed E-state index contributed by atoms with van der Waals surface area (Å²) in [6.07, 6.45) is 3.20. The van der Waals surface area contributed by atoms with Crippen molar-refractivity contribution in [1.29, 1.82) is 0 Å². The highest BCUT2D eigenvalue weighted by Gasteiger charge is 2.22. The molecular weight excluding hydrogens is 215 g/mol. The molecule has 0 saturated carbocycles. The van der Waals surface area contributed by atoms with E-state index in [1.807, 2.05) is 14.0 Å². The van der Waals surface area contributed by atoms with Crippen molar-refractivity contribution < 1.29 is 4.39 Å². The molecule has 1 aliphatic carbocycles. The van der Waals surface area contributed by atoms with Gasteiger partial charge in [0.15, 0.2) is 0 Å². The Balaban J connectivity index is 2.20. The number of fused-ring (bicyclic) bond motifs is 3. The molecule has 1 aromatic carbocycles. The van der Waals surface area contributed by atoms with Crippen LogP contribution >= 0.6 is 0 Å². The second-order valence-corrected chi connectivity index (χ2v) is 4.96. The van der Waals surface area contributed by atoms with Crippen molar-refractivity contribution in [2.75, 3.05) is 7.05 Å². The molecule has 0 amide bonds. The monoisotopic (exact) mass is 232 g/mol. The fourth-order valence-electron chi connectivity index (χ4n) is 2.90. The number of hydrogen-bond donors (Lipinski definition) is 2. The maximum atomic E-state index is 13.5. The molecule has 1 aromatic heterocycles. The van der Waals surface area contributed by atoms with E-state index in [1.165, 1.54) is 11.3 Å². The van der Waals surface area contributed by atoms with Gasteiger partial charge in [-0.05, 0) is 56.5 Å². The number of aryl methyl sites for hydroxylation is 2. The Morgan fingerprint density at radius 1 is 1.41 bits per heavy atom. The minimum absolute atomic E-state index is 0.136. The van der Waals surface area contributed by atoms with Gasteiger partial charge in [-0.1, -0.05) is 0 Å². The van der Waals surface area contributed by atoms with E-state index in [9.17, 15) is 4.39 Å². The third kappa shape index (κ3) is 1.65. The summed E-state index contributed by atoms with van der Waals surface area (Å²) in [5.74, 6) is -0.136. The molecule has 0 bridgehead atoms. The molecule has 3 rings (SSSR count). The van der Waals surface area contributed by atoms with E-state index in [-0.39, 0.29) is 5.82 Å². The maximum absolute atomic E-state index is 13.5. The van der Waals surface area contributed by atoms with Gasteiger partial charge in [0.05, 0.1) is 0 Å². The summed E-state index contributed by atoms with van der Waals surface area (Å²) < 4.78 is 13.5. The Bertz CT molecular complexity index is 571. The summed E-state index contributed by atoms with van der Waals surface area (Å²) in [5, 5.41) is 4.39. The van der Waals surface area contributed by atoms with E-state index in [0.717, 1.165) is 35.7 Å². The van der Waals surface area contributed by atoms with Crippen LogP contribution in [0.25, 0.3) is 10.9 Å². The topological polar surface area (TPSA) is 27.8 Å². The molecule has 0 aliphatic heterocycles. The van der Waals surface area contributed by atoms with Crippen LogP contribution in [-0.2, 0) is 12.8 Å². The number of H-pyrrole nitrogens is 1. The van der Waals surface area contributed by atoms with Crippen LogP contribution in [0, 0.1) is 12.7 Å². The molecule has 1 heterocycles. The van der Waals surface area contributed by atoms with Crippen molar-refractivity contribution in [3.8, 4) is 0 Å². The molecule has 0 fully saturated rings. The van der Waals surface area contributed by atoms with Gasteiger partial charge in [0.2, 0.25) is 0 Å². The number of halogens is 1. The summed E-state index contributed by atoms with van der Waals surface area (Å²) in [5.41, 5.74) is 4.69. The number of rotatable bonds is 1. The van der Waals surface area contributed by atoms with Crippen LogP contribution in [0.1, 0.15) is 23.2 Å². The van der Waals surface area contributed by atoms with E-state index in [0.29, 0.717) is 6.04 Å². The largest absolute Gasteiger partial charge is 0.358 e. The molecule has 2 N–H and O–H groups in total. The van der Waals surface area contributed by atoms with Gasteiger partial charge in [-0.15, -0.1) is 0 Å². The first-order valence-corrected chi connectivity index (χ1v) is 6.16. The molecular formula is C14H17FN2. The fraction of sp³-hybridized carbons (Fsp3) is 0.429. The van der Waals surface area contributed by atoms with Gasteiger partial charge >= 0.3 is 0 Å². The van der Waals surface area contributed by atoms with Crippen molar-refractivity contribution in [2.45, 2.75) is 32.2 Å². The molecule has 17 heavy (non-hydrogen) atoms. The first-order valence-electron chi connectivity index (χ1n) is 6.16. The van der Waals surface area contributed by atoms with Crippen molar-refractivity contribution in [3.63, 3.8) is 0 Å². The number of nitrogens with one attached hydrogen (secondary N) is 2. The second kappa shape index (κ2) is 3.84. The van der Waals surface area contributed by atoms with Crippen LogP contribution in [0.15, 0.2) is 12.1 Å². The van der Waals surface area contributed by atoms with Gasteiger partial charge < -0.3 is 10.3 Å². The van der Waals surface area contributed by atoms with Gasteiger partial charge in [0.1, 0.15) is 5.82 Å². The molecule has 0 spiro atoms. The van der Waals surface area contributed by atoms with Crippen molar-refractivity contribution in [2.24, 2.45) is 0 Å². The molecule has 1 atom stereocenters. The molecule has 2 aromatic rings. The molecule has 2 nitrogen and oxygen atoms in total. The predicted octanol–water partition coefficient (Wildman–Crippen LogP) is 2.69. The van der Waals surface area contributed by atoms with E-state index in [4.69, 9.17) is 0 Å². The van der Waals surface area contributed by atoms with Gasteiger partial charge in [-0.2, -0.15) is 0 Å². The summed E-state index contributed by atoms with van der Waals surface area (Å²) in [7, 11) is 2.00. The van der Waals surface area contributed by atoms with Crippen LogP contribution in [0.2, 0.25) is 0 Å². The maximum Gasteiger partial charge on any atom is 0.124 e. The lowest BCUT2D eigenvalue weighted by molar-refractivity contribution is 0.495. The van der Waals surface area contributed by atoms with Gasteiger partial charge in [0.25, 0.3) is 0 Å². The van der Waals surface area contributed by atoms with E-state index in [1.54, 1.807) is 12.1 Å². The standard InChI is InChI=1S/C14H17FN2/c1-8-5-9(15)6-12-11-7-10(16-2)3-4-13(11)17-14(8)12/h5-6,10,16-17H,3-4,7H2,1-2H3. The van der Waals surface area contributed by atoms with Crippen molar-refractivity contribution >= 4 is 10.9 Å². The molecule has 1 unspecified atom stereocenters. The highest BCUT2D eigenvalue weighted by molar-refractivity contribution is 5.87. The lowest BCUT2D eigenvalue weighted by Gasteiger charge is -2.21. The smallest absolute Gasteiger partial charge is 0.124 e. The van der Waals surface area contributed by atoms with Crippen LogP contribution in [0.4, 0.5) is 4.39 Å². The Labute approximate surface area is 100 Å². The molecule has 0 radical (unpaired) electrons. The zero-order valence-corrected chi connectivity index (χ0v) is 10.2. The number of likely N-dealkylation sites (N-methyl/N-ethyl adjacent to an activating group) is 1. The van der Waals surface area contributed by atoms with Crippen LogP contribution in [-0.4, -0.2) is 18.1 Å². The van der Waals surface area contributed by atoms with Crippen LogP contribution in [0.5, 0.6) is 0 Å². The quantitative estimate of drug-likeness (QED) is 0.777. The number of aromatic amines is 1. The first kappa shape index (κ1) is 10.8. The van der Waals surface area contributed by atoms with Gasteiger partial charge in [-0.3, -0.25) is 0 Å². The average Bonchev–Trinajstić information content (AvgIpc) is 2.67. The van der Waals surface area contributed by atoms with Crippen LogP contribution < -0.4 is 5.32 Å². The Kier molecular flexibility index (Phi) is 2.44. The first-order chi connectivity index (χ1) is 8.19. The zero-order chi connectivity index (χ0) is 12.0. The van der Waals surface area contributed by atoms with Gasteiger partial charge in [0, 0.05) is 22.6 Å². The molecule has 90 valence electrons. The zero-order valence-electron chi connectivity index (χ0n) is 10.2. The average molecular weight is 232 g/mol. The van der Waals surface area contributed by atoms with Crippen molar-refractivity contribution in [1.82, 2.24) is 10.3 Å². The minimum Gasteiger partial charge on any atom is -0.358 e. The van der Waals surface area contributed by atoms with E-state index in [2.05, 4.69) is 10.3 Å². The number of hydrogen-bond acceptors (Lipinski definition) is 1. The Hall–Kier alpha value is -1.35. The summed E-state index contributed by atoms with van der Waals surface area (Å²) in [6, 6.07) is 3.78. The highest BCUT2D eigenvalue weighted by Crippen LogP contribution is 2.31. The molecule has 1 aliphatic rings. The molecule has 0 saturated heterocycles. The Morgan fingerprint density at radius 2 is 2.24 bits per heavy atom. The summed E-state index contributed by atoms with van der Waals surface area (Å²) >= 11 is 0. The summed E-state index contributed by atoms with van der Waals surface area (Å²) in [4.78, 5) is 3.46. The van der Waals surface area contributed by atoms with E-state index >= 15 is 0 Å². The van der Waals surface area contributed by atoms with Crippen LogP contribution in [0.3, 0.4) is 0 Å². The van der Waals surface area contributed by atoms with E-state index < -0.39 is 0 Å². The lowest BCUT2D eigenvalue weighted by Crippen LogP contribution is -2.31. The second-order valence-electron chi connectivity index (χ2n) is 4.96. The molecule has 3 heteroatoms. The normalized spacial score (nSPS) is 19.6. The Morgan fingerprint density at radius 3 is 3.00 bits per heavy atom. The minimum atomic E-state index is -0.136. The number of aromatic nitrogens is 1.